The summed E-state index contributed by atoms with van der Waals surface area (Å²) >= 11 is 0. The number of hydrogen-bond acceptors (Lipinski definition) is 3. The highest BCUT2D eigenvalue weighted by molar-refractivity contribution is 7.90. The normalized spacial score (nSPS) is 11.5. The van der Waals surface area contributed by atoms with Crippen molar-refractivity contribution >= 4 is 9.84 Å². The third kappa shape index (κ3) is 3.10. The molecule has 0 saturated heterocycles. The van der Waals surface area contributed by atoms with E-state index in [0.29, 0.717) is 0 Å². The average molecular weight is 203 g/mol. The van der Waals surface area contributed by atoms with Crippen LogP contribution in [0.5, 0.6) is 0 Å². The number of aromatic nitrogens is 1. The highest BCUT2D eigenvalue weighted by Crippen LogP contribution is 2.04. The molecular weight excluding hydrogens is 193 g/mol. The van der Waals surface area contributed by atoms with Gasteiger partial charge < -0.3 is 0 Å². The van der Waals surface area contributed by atoms with E-state index in [0.717, 1.165) is 0 Å². The number of sulfone groups is 1. The number of halogens is 1. The molecule has 0 N–H and O–H groups in total. The summed E-state index contributed by atoms with van der Waals surface area (Å²) in [5, 5.41) is 0. The third-order valence-corrected chi connectivity index (χ3v) is 3.20. The van der Waals surface area contributed by atoms with Crippen LogP contribution in [0.3, 0.4) is 0 Å². The Labute approximate surface area is 76.5 Å². The van der Waals surface area contributed by atoms with Gasteiger partial charge in [-0.05, 0) is 12.1 Å². The molecule has 0 amide bonds. The Hall–Kier alpha value is -0.970. The van der Waals surface area contributed by atoms with Crippen LogP contribution in [0.4, 0.5) is 4.39 Å². The van der Waals surface area contributed by atoms with E-state index in [4.69, 9.17) is 0 Å². The van der Waals surface area contributed by atoms with Crippen molar-refractivity contribution in [2.45, 2.75) is 12.7 Å². The topological polar surface area (TPSA) is 47.0 Å². The molecule has 0 aliphatic carbocycles. The van der Waals surface area contributed by atoms with Gasteiger partial charge in [0.25, 0.3) is 0 Å². The zero-order chi connectivity index (χ0) is 9.90. The molecule has 1 aromatic rings. The molecule has 0 aliphatic heterocycles. The predicted molar refractivity (Wildman–Crippen MR) is 47.4 cm³/mol. The first-order valence-corrected chi connectivity index (χ1v) is 5.67. The zero-order valence-electron chi connectivity index (χ0n) is 7.20. The van der Waals surface area contributed by atoms with Gasteiger partial charge in [-0.25, -0.2) is 13.4 Å². The fraction of sp³-hybridized carbons (Fsp3) is 0.375. The molecule has 0 aliphatic rings. The lowest BCUT2D eigenvalue weighted by Crippen LogP contribution is -2.08. The summed E-state index contributed by atoms with van der Waals surface area (Å²) in [6.07, 6.45) is 0. The van der Waals surface area contributed by atoms with Gasteiger partial charge in [0.2, 0.25) is 5.95 Å². The van der Waals surface area contributed by atoms with Crippen LogP contribution in [-0.4, -0.2) is 19.2 Å². The van der Waals surface area contributed by atoms with Gasteiger partial charge in [-0.15, -0.1) is 0 Å². The van der Waals surface area contributed by atoms with E-state index in [2.05, 4.69) is 4.98 Å². The van der Waals surface area contributed by atoms with Crippen molar-refractivity contribution in [3.8, 4) is 0 Å². The quantitative estimate of drug-likeness (QED) is 0.692. The molecular formula is C8H10FNO2S. The maximum Gasteiger partial charge on any atom is 0.213 e. The van der Waals surface area contributed by atoms with E-state index < -0.39 is 15.8 Å². The molecule has 0 atom stereocenters. The second kappa shape index (κ2) is 3.83. The van der Waals surface area contributed by atoms with Crippen molar-refractivity contribution in [1.82, 2.24) is 4.98 Å². The Morgan fingerprint density at radius 1 is 1.46 bits per heavy atom. The van der Waals surface area contributed by atoms with Gasteiger partial charge in [0.1, 0.15) is 0 Å². The average Bonchev–Trinajstić information content (AvgIpc) is 2.03. The first-order chi connectivity index (χ1) is 6.03. The van der Waals surface area contributed by atoms with E-state index in [1.807, 2.05) is 0 Å². The third-order valence-electron chi connectivity index (χ3n) is 1.58. The maximum atomic E-state index is 12.5. The number of pyridine rings is 1. The Bertz CT molecular complexity index is 389. The second-order valence-corrected chi connectivity index (χ2v) is 4.98. The summed E-state index contributed by atoms with van der Waals surface area (Å²) in [5.41, 5.74) is 0.252. The summed E-state index contributed by atoms with van der Waals surface area (Å²) < 4.78 is 34.8. The van der Waals surface area contributed by atoms with Crippen molar-refractivity contribution < 1.29 is 12.8 Å². The maximum absolute atomic E-state index is 12.5. The van der Waals surface area contributed by atoms with Gasteiger partial charge in [0, 0.05) is 5.75 Å². The van der Waals surface area contributed by atoms with Gasteiger partial charge in [0.15, 0.2) is 9.84 Å². The SMILES string of the molecule is CCS(=O)(=O)Cc1cccc(F)n1. The summed E-state index contributed by atoms with van der Waals surface area (Å²) in [6, 6.07) is 4.13. The van der Waals surface area contributed by atoms with Crippen molar-refractivity contribution in [1.29, 1.82) is 0 Å². The fourth-order valence-corrected chi connectivity index (χ4v) is 1.67. The Balaban J connectivity index is 2.87. The van der Waals surface area contributed by atoms with Crippen LogP contribution in [0.25, 0.3) is 0 Å². The van der Waals surface area contributed by atoms with E-state index in [9.17, 15) is 12.8 Å². The molecule has 1 rings (SSSR count). The molecule has 0 aromatic carbocycles. The Morgan fingerprint density at radius 2 is 2.15 bits per heavy atom. The monoisotopic (exact) mass is 203 g/mol. The summed E-state index contributed by atoms with van der Waals surface area (Å²) in [4.78, 5) is 3.46. The minimum absolute atomic E-state index is 0.0468. The number of rotatable bonds is 3. The largest absolute Gasteiger partial charge is 0.228 e. The van der Waals surface area contributed by atoms with E-state index in [-0.39, 0.29) is 17.2 Å². The van der Waals surface area contributed by atoms with Gasteiger partial charge in [0.05, 0.1) is 11.4 Å². The minimum atomic E-state index is -3.12. The molecule has 0 saturated carbocycles. The van der Waals surface area contributed by atoms with Crippen LogP contribution in [0.1, 0.15) is 12.6 Å². The number of nitrogens with zero attached hydrogens (tertiary/aromatic N) is 1. The lowest BCUT2D eigenvalue weighted by Gasteiger charge is -1.99. The van der Waals surface area contributed by atoms with Crippen LogP contribution in [0.15, 0.2) is 18.2 Å². The van der Waals surface area contributed by atoms with E-state index in [1.54, 1.807) is 6.92 Å². The summed E-state index contributed by atoms with van der Waals surface area (Å²) in [7, 11) is -3.12. The van der Waals surface area contributed by atoms with Crippen molar-refractivity contribution in [3.63, 3.8) is 0 Å². The predicted octanol–water partition coefficient (Wildman–Crippen LogP) is 1.16. The van der Waals surface area contributed by atoms with Crippen LogP contribution >= 0.6 is 0 Å². The Morgan fingerprint density at radius 3 is 2.69 bits per heavy atom. The molecule has 0 fully saturated rings. The van der Waals surface area contributed by atoms with Crippen molar-refractivity contribution in [3.05, 3.63) is 29.8 Å². The lowest BCUT2D eigenvalue weighted by atomic mass is 10.4. The van der Waals surface area contributed by atoms with Gasteiger partial charge in [-0.3, -0.25) is 0 Å². The molecule has 13 heavy (non-hydrogen) atoms. The van der Waals surface area contributed by atoms with Crippen LogP contribution < -0.4 is 0 Å². The van der Waals surface area contributed by atoms with E-state index >= 15 is 0 Å². The molecule has 1 heterocycles. The lowest BCUT2D eigenvalue weighted by molar-refractivity contribution is 0.575. The molecule has 0 unspecified atom stereocenters. The summed E-state index contributed by atoms with van der Waals surface area (Å²) in [6.45, 7) is 1.55. The van der Waals surface area contributed by atoms with Crippen LogP contribution in [0.2, 0.25) is 0 Å². The summed E-state index contributed by atoms with van der Waals surface area (Å²) in [5.74, 6) is -0.796. The second-order valence-electron chi connectivity index (χ2n) is 2.63. The molecule has 3 nitrogen and oxygen atoms in total. The highest BCUT2D eigenvalue weighted by atomic mass is 32.2. The van der Waals surface area contributed by atoms with Crippen LogP contribution in [-0.2, 0) is 15.6 Å². The highest BCUT2D eigenvalue weighted by Gasteiger charge is 2.09. The zero-order valence-corrected chi connectivity index (χ0v) is 8.01. The molecule has 0 radical (unpaired) electrons. The molecule has 1 aromatic heterocycles. The molecule has 0 bridgehead atoms. The van der Waals surface area contributed by atoms with Crippen molar-refractivity contribution in [2.75, 3.05) is 5.75 Å². The van der Waals surface area contributed by atoms with Crippen LogP contribution in [0, 0.1) is 5.95 Å². The van der Waals surface area contributed by atoms with Gasteiger partial charge in [-0.2, -0.15) is 4.39 Å². The first kappa shape index (κ1) is 10.1. The van der Waals surface area contributed by atoms with Gasteiger partial charge in [-0.1, -0.05) is 13.0 Å². The van der Waals surface area contributed by atoms with Crippen molar-refractivity contribution in [2.24, 2.45) is 0 Å². The fourth-order valence-electron chi connectivity index (χ4n) is 0.858. The standard InChI is InChI=1S/C8H10FNO2S/c1-2-13(11,12)6-7-4-3-5-8(9)10-7/h3-5H,2,6H2,1H3. The smallest absolute Gasteiger partial charge is 0.213 e. The molecule has 0 spiro atoms. The van der Waals surface area contributed by atoms with E-state index in [1.165, 1.54) is 18.2 Å². The Kier molecular flexibility index (Phi) is 2.98. The first-order valence-electron chi connectivity index (χ1n) is 3.85. The minimum Gasteiger partial charge on any atom is -0.228 e. The number of hydrogen-bond donors (Lipinski definition) is 0. The molecule has 72 valence electrons. The molecule has 5 heteroatoms. The van der Waals surface area contributed by atoms with Gasteiger partial charge >= 0.3 is 0 Å².